The molecule has 0 aromatic heterocycles. The van der Waals surface area contributed by atoms with E-state index in [9.17, 15) is 8.78 Å². The minimum atomic E-state index is -2.49. The smallest absolute Gasteiger partial charge is 0.272 e. The summed E-state index contributed by atoms with van der Waals surface area (Å²) in [5, 5.41) is 3.27. The second-order valence-electron chi connectivity index (χ2n) is 3.89. The average Bonchev–Trinajstić information content (AvgIpc) is 2.36. The van der Waals surface area contributed by atoms with Crippen LogP contribution in [0.1, 0.15) is 25.5 Å². The van der Waals surface area contributed by atoms with Gasteiger partial charge in [0.25, 0.3) is 6.43 Å². The van der Waals surface area contributed by atoms with Crippen LogP contribution in [0.4, 0.5) is 8.78 Å². The van der Waals surface area contributed by atoms with Crippen LogP contribution >= 0.6 is 0 Å². The number of rotatable bonds is 7. The molecule has 0 bridgehead atoms. The van der Waals surface area contributed by atoms with Gasteiger partial charge in [-0.1, -0.05) is 13.0 Å². The predicted octanol–water partition coefficient (Wildman–Crippen LogP) is 3.01. The number of alkyl halides is 2. The Hall–Kier alpha value is -1.36. The molecule has 1 N–H and O–H groups in total. The SMILES string of the molecule is CCNC(C)c1ccc(OCC(F)F)c(OC)c1. The van der Waals surface area contributed by atoms with Crippen LogP contribution in [0.5, 0.6) is 11.5 Å². The molecule has 1 unspecified atom stereocenters. The minimum Gasteiger partial charge on any atom is -0.493 e. The number of ether oxygens (including phenoxy) is 2. The van der Waals surface area contributed by atoms with Crippen molar-refractivity contribution >= 4 is 0 Å². The predicted molar refractivity (Wildman–Crippen MR) is 66.6 cm³/mol. The van der Waals surface area contributed by atoms with Gasteiger partial charge in [0.1, 0.15) is 6.61 Å². The fourth-order valence-electron chi connectivity index (χ4n) is 1.65. The molecule has 1 aromatic rings. The normalized spacial score (nSPS) is 12.6. The number of hydrogen-bond donors (Lipinski definition) is 1. The minimum absolute atomic E-state index is 0.174. The van der Waals surface area contributed by atoms with Crippen LogP contribution in [-0.4, -0.2) is 26.7 Å². The zero-order valence-corrected chi connectivity index (χ0v) is 10.9. The third-order valence-corrected chi connectivity index (χ3v) is 2.56. The largest absolute Gasteiger partial charge is 0.493 e. The second kappa shape index (κ2) is 7.16. The Morgan fingerprint density at radius 1 is 1.28 bits per heavy atom. The molecule has 102 valence electrons. The molecule has 0 amide bonds. The molecule has 0 fully saturated rings. The fraction of sp³-hybridized carbons (Fsp3) is 0.538. The van der Waals surface area contributed by atoms with Crippen molar-refractivity contribution in [3.05, 3.63) is 23.8 Å². The molecule has 0 saturated heterocycles. The highest BCUT2D eigenvalue weighted by Gasteiger charge is 2.11. The summed E-state index contributed by atoms with van der Waals surface area (Å²) in [6.45, 7) is 4.28. The molecule has 5 heteroatoms. The van der Waals surface area contributed by atoms with E-state index in [-0.39, 0.29) is 6.04 Å². The maximum atomic E-state index is 12.1. The van der Waals surface area contributed by atoms with Crippen LogP contribution in [0.3, 0.4) is 0 Å². The molecular weight excluding hydrogens is 240 g/mol. The fourth-order valence-corrected chi connectivity index (χ4v) is 1.65. The van der Waals surface area contributed by atoms with Gasteiger partial charge in [-0.15, -0.1) is 0 Å². The summed E-state index contributed by atoms with van der Waals surface area (Å²) in [6.07, 6.45) is -2.49. The van der Waals surface area contributed by atoms with Gasteiger partial charge in [-0.3, -0.25) is 0 Å². The average molecular weight is 259 g/mol. The van der Waals surface area contributed by atoms with Crippen LogP contribution in [0.15, 0.2) is 18.2 Å². The Labute approximate surface area is 106 Å². The molecule has 0 spiro atoms. The summed E-state index contributed by atoms with van der Waals surface area (Å²) >= 11 is 0. The summed E-state index contributed by atoms with van der Waals surface area (Å²) in [5.74, 6) is 0.808. The highest BCUT2D eigenvalue weighted by molar-refractivity contribution is 5.43. The summed E-state index contributed by atoms with van der Waals surface area (Å²) in [4.78, 5) is 0. The number of benzene rings is 1. The summed E-state index contributed by atoms with van der Waals surface area (Å²) in [5.41, 5.74) is 1.03. The first-order valence-electron chi connectivity index (χ1n) is 5.90. The number of halogens is 2. The van der Waals surface area contributed by atoms with Crippen molar-refractivity contribution in [3.63, 3.8) is 0 Å². The molecule has 0 aliphatic rings. The molecule has 0 aliphatic carbocycles. The quantitative estimate of drug-likeness (QED) is 0.816. The molecule has 18 heavy (non-hydrogen) atoms. The lowest BCUT2D eigenvalue weighted by Gasteiger charge is -2.16. The first-order valence-corrected chi connectivity index (χ1v) is 5.90. The van der Waals surface area contributed by atoms with E-state index >= 15 is 0 Å². The lowest BCUT2D eigenvalue weighted by atomic mass is 10.1. The number of hydrogen-bond acceptors (Lipinski definition) is 3. The molecule has 3 nitrogen and oxygen atoms in total. The molecule has 1 atom stereocenters. The Balaban J connectivity index is 2.82. The van der Waals surface area contributed by atoms with Gasteiger partial charge >= 0.3 is 0 Å². The van der Waals surface area contributed by atoms with Crippen LogP contribution in [-0.2, 0) is 0 Å². The van der Waals surface area contributed by atoms with Gasteiger partial charge in [-0.2, -0.15) is 0 Å². The van der Waals surface area contributed by atoms with Crippen molar-refractivity contribution in [2.45, 2.75) is 26.3 Å². The monoisotopic (exact) mass is 259 g/mol. The highest BCUT2D eigenvalue weighted by atomic mass is 19.3. The number of methoxy groups -OCH3 is 1. The van der Waals surface area contributed by atoms with E-state index in [0.29, 0.717) is 11.5 Å². The lowest BCUT2D eigenvalue weighted by molar-refractivity contribution is 0.0804. The topological polar surface area (TPSA) is 30.5 Å². The molecule has 0 aliphatic heterocycles. The van der Waals surface area contributed by atoms with E-state index in [1.54, 1.807) is 12.1 Å². The zero-order valence-electron chi connectivity index (χ0n) is 10.9. The Bertz CT molecular complexity index is 372. The Morgan fingerprint density at radius 2 is 2.00 bits per heavy atom. The van der Waals surface area contributed by atoms with Gasteiger partial charge in [-0.05, 0) is 31.2 Å². The lowest BCUT2D eigenvalue weighted by Crippen LogP contribution is -2.17. The summed E-state index contributed by atoms with van der Waals surface area (Å²) < 4.78 is 34.3. The van der Waals surface area contributed by atoms with Gasteiger partial charge in [-0.25, -0.2) is 8.78 Å². The van der Waals surface area contributed by atoms with Gasteiger partial charge in [0.2, 0.25) is 0 Å². The first-order chi connectivity index (χ1) is 8.58. The standard InChI is InChI=1S/C13H19F2NO2/c1-4-16-9(2)10-5-6-11(12(7-10)17-3)18-8-13(14)15/h5-7,9,13,16H,4,8H2,1-3H3. The van der Waals surface area contributed by atoms with Crippen LogP contribution in [0.25, 0.3) is 0 Å². The van der Waals surface area contributed by atoms with E-state index in [2.05, 4.69) is 5.32 Å². The van der Waals surface area contributed by atoms with Crippen molar-refractivity contribution in [1.82, 2.24) is 5.32 Å². The van der Waals surface area contributed by atoms with Gasteiger partial charge in [0.15, 0.2) is 11.5 Å². The molecule has 0 radical (unpaired) electrons. The molecule has 1 rings (SSSR count). The van der Waals surface area contributed by atoms with E-state index in [1.807, 2.05) is 19.9 Å². The third-order valence-electron chi connectivity index (χ3n) is 2.56. The first kappa shape index (κ1) is 14.7. The molecule has 0 saturated carbocycles. The van der Waals surface area contributed by atoms with Crippen molar-refractivity contribution in [2.75, 3.05) is 20.3 Å². The number of nitrogens with one attached hydrogen (secondary N) is 1. The van der Waals surface area contributed by atoms with Crippen molar-refractivity contribution in [2.24, 2.45) is 0 Å². The van der Waals surface area contributed by atoms with Gasteiger partial charge < -0.3 is 14.8 Å². The van der Waals surface area contributed by atoms with Crippen LogP contribution < -0.4 is 14.8 Å². The van der Waals surface area contributed by atoms with E-state index in [0.717, 1.165) is 12.1 Å². The molecule has 0 heterocycles. The van der Waals surface area contributed by atoms with Crippen LogP contribution in [0.2, 0.25) is 0 Å². The third kappa shape index (κ3) is 4.14. The van der Waals surface area contributed by atoms with E-state index in [1.165, 1.54) is 7.11 Å². The second-order valence-corrected chi connectivity index (χ2v) is 3.89. The van der Waals surface area contributed by atoms with Crippen molar-refractivity contribution < 1.29 is 18.3 Å². The van der Waals surface area contributed by atoms with Crippen molar-refractivity contribution in [3.8, 4) is 11.5 Å². The highest BCUT2D eigenvalue weighted by Crippen LogP contribution is 2.30. The molecule has 1 aromatic carbocycles. The summed E-state index contributed by atoms with van der Waals surface area (Å²) in [7, 11) is 1.49. The Morgan fingerprint density at radius 3 is 2.56 bits per heavy atom. The maximum absolute atomic E-state index is 12.1. The van der Waals surface area contributed by atoms with E-state index < -0.39 is 13.0 Å². The Kier molecular flexibility index (Phi) is 5.85. The molecular formula is C13H19F2NO2. The summed E-state index contributed by atoms with van der Waals surface area (Å²) in [6, 6.07) is 5.47. The van der Waals surface area contributed by atoms with Crippen molar-refractivity contribution in [1.29, 1.82) is 0 Å². The van der Waals surface area contributed by atoms with E-state index in [4.69, 9.17) is 9.47 Å². The van der Waals surface area contributed by atoms with Gasteiger partial charge in [0, 0.05) is 6.04 Å². The van der Waals surface area contributed by atoms with Crippen LogP contribution in [0, 0.1) is 0 Å². The zero-order chi connectivity index (χ0) is 13.5. The maximum Gasteiger partial charge on any atom is 0.272 e. The van der Waals surface area contributed by atoms with Gasteiger partial charge in [0.05, 0.1) is 7.11 Å².